The molecule has 0 radical (unpaired) electrons. The Morgan fingerprint density at radius 3 is 2.97 bits per heavy atom. The third kappa shape index (κ3) is 5.72. The van der Waals surface area contributed by atoms with Crippen LogP contribution in [0.5, 0.6) is 0 Å². The molecule has 37 heavy (non-hydrogen) atoms. The number of fused-ring (bicyclic) bond motifs is 1. The topological polar surface area (TPSA) is 176 Å². The lowest BCUT2D eigenvalue weighted by molar-refractivity contribution is -0.150. The highest BCUT2D eigenvalue weighted by Crippen LogP contribution is 2.41. The second-order valence-corrected chi connectivity index (χ2v) is 11.7. The second-order valence-electron chi connectivity index (χ2n) is 6.93. The van der Waals surface area contributed by atoms with E-state index in [1.54, 1.807) is 5.51 Å². The van der Waals surface area contributed by atoms with Crippen LogP contribution in [0, 0.1) is 12.3 Å². The molecule has 2 aromatic heterocycles. The minimum Gasteiger partial charge on any atom is -0.477 e. The van der Waals surface area contributed by atoms with Gasteiger partial charge in [0.1, 0.15) is 32.7 Å². The number of carbonyl (C=O) groups excluding carboxylic acids is 3. The molecule has 3 N–H and O–H groups in total. The first-order valence-corrected chi connectivity index (χ1v) is 14.1. The fourth-order valence-electron chi connectivity index (χ4n) is 3.26. The van der Waals surface area contributed by atoms with Crippen LogP contribution >= 0.6 is 57.8 Å². The lowest BCUT2D eigenvalue weighted by Crippen LogP contribution is -2.71. The number of terminal acetylenes is 1. The van der Waals surface area contributed by atoms with E-state index in [0.29, 0.717) is 27.8 Å². The lowest BCUT2D eigenvalue weighted by atomic mass is 10.0. The van der Waals surface area contributed by atoms with Crippen LogP contribution in [0.3, 0.4) is 0 Å². The maximum Gasteiger partial charge on any atom is 0.352 e. The van der Waals surface area contributed by atoms with Crippen molar-refractivity contribution in [1.82, 2.24) is 25.4 Å². The standard InChI is InChI=1S/C19H14ClN7O6S4/c1-2-3-33-26-10(9-13(20)37-18(24-9)21-6-28)14(29)23-11-15(30)27-12(17(31)32)8(4-34-16(11)27)5-35-19-25-22-7-36-19/h1,6-7,11,16H,3-5H2,(H,23,29)(H,31,32)(H,21,24,28)/b26-10-/t11?,16-/m1/s1. The number of hydrogen-bond acceptors (Lipinski definition) is 13. The second kappa shape index (κ2) is 11.9. The van der Waals surface area contributed by atoms with Gasteiger partial charge in [-0.05, 0) is 5.57 Å². The fraction of sp³-hybridized carbons (Fsp3) is 0.263. The predicted octanol–water partition coefficient (Wildman–Crippen LogP) is 1.10. The number of thioether (sulfide) groups is 2. The van der Waals surface area contributed by atoms with Crippen LogP contribution in [0.2, 0.25) is 4.34 Å². The third-order valence-corrected chi connectivity index (χ3v) is 9.23. The summed E-state index contributed by atoms with van der Waals surface area (Å²) in [4.78, 5) is 59.0. The zero-order valence-electron chi connectivity index (χ0n) is 18.2. The molecule has 2 aliphatic rings. The molecule has 1 saturated heterocycles. The SMILES string of the molecule is C#CCO/N=C(\C(=O)NC1C(=O)N2C(C(=O)O)=C(CSc3nncs3)CS[C@H]12)c1nc(NC=O)sc1Cl. The van der Waals surface area contributed by atoms with Gasteiger partial charge in [-0.3, -0.25) is 19.3 Å². The number of amides is 3. The van der Waals surface area contributed by atoms with Gasteiger partial charge >= 0.3 is 5.97 Å². The molecule has 192 valence electrons. The first kappa shape index (κ1) is 26.9. The van der Waals surface area contributed by atoms with Gasteiger partial charge in [0.2, 0.25) is 6.41 Å². The Bertz CT molecular complexity index is 1340. The fourth-order valence-corrected chi connectivity index (χ4v) is 7.24. The molecule has 0 aliphatic carbocycles. The van der Waals surface area contributed by atoms with E-state index in [9.17, 15) is 24.3 Å². The van der Waals surface area contributed by atoms with Gasteiger partial charge < -0.3 is 20.6 Å². The predicted molar refractivity (Wildman–Crippen MR) is 138 cm³/mol. The number of nitrogens with one attached hydrogen (secondary N) is 2. The number of nitrogens with zero attached hydrogens (tertiary/aromatic N) is 5. The van der Waals surface area contributed by atoms with Crippen LogP contribution in [0.4, 0.5) is 5.13 Å². The molecule has 0 spiro atoms. The summed E-state index contributed by atoms with van der Waals surface area (Å²) in [6.07, 6.45) is 5.55. The van der Waals surface area contributed by atoms with Gasteiger partial charge in [0.25, 0.3) is 11.8 Å². The number of aliphatic carboxylic acids is 1. The van der Waals surface area contributed by atoms with Crippen molar-refractivity contribution in [1.29, 1.82) is 0 Å². The van der Waals surface area contributed by atoms with E-state index in [4.69, 9.17) is 22.9 Å². The maximum atomic E-state index is 13.1. The summed E-state index contributed by atoms with van der Waals surface area (Å²) in [5, 5.41) is 25.6. The minimum absolute atomic E-state index is 0.0323. The van der Waals surface area contributed by atoms with Crippen molar-refractivity contribution in [2.24, 2.45) is 5.16 Å². The van der Waals surface area contributed by atoms with E-state index in [1.807, 2.05) is 0 Å². The summed E-state index contributed by atoms with van der Waals surface area (Å²) in [5.74, 6) is 0.156. The van der Waals surface area contributed by atoms with Gasteiger partial charge in [0, 0.05) is 11.5 Å². The molecular weight excluding hydrogens is 586 g/mol. The highest BCUT2D eigenvalue weighted by molar-refractivity contribution is 8.01. The zero-order valence-corrected chi connectivity index (χ0v) is 22.3. The van der Waals surface area contributed by atoms with Crippen LogP contribution in [-0.2, 0) is 24.0 Å². The van der Waals surface area contributed by atoms with Crippen molar-refractivity contribution in [3.63, 3.8) is 0 Å². The molecule has 0 bridgehead atoms. The van der Waals surface area contributed by atoms with Gasteiger partial charge in [0.05, 0.1) is 0 Å². The van der Waals surface area contributed by atoms with Crippen molar-refractivity contribution < 1.29 is 29.1 Å². The van der Waals surface area contributed by atoms with Gasteiger partial charge in [-0.1, -0.05) is 57.1 Å². The highest BCUT2D eigenvalue weighted by atomic mass is 35.5. The molecule has 13 nitrogen and oxygen atoms in total. The normalized spacial score (nSPS) is 19.0. The van der Waals surface area contributed by atoms with E-state index in [2.05, 4.69) is 36.9 Å². The number of oxime groups is 1. The third-order valence-electron chi connectivity index (χ3n) is 4.76. The Morgan fingerprint density at radius 2 is 2.30 bits per heavy atom. The van der Waals surface area contributed by atoms with E-state index in [0.717, 1.165) is 16.2 Å². The van der Waals surface area contributed by atoms with E-state index >= 15 is 0 Å². The molecule has 2 atom stereocenters. The number of rotatable bonds is 11. The number of carbonyl (C=O) groups is 4. The molecule has 0 aromatic carbocycles. The summed E-state index contributed by atoms with van der Waals surface area (Å²) in [5.41, 5.74) is 1.55. The molecule has 2 aliphatic heterocycles. The smallest absolute Gasteiger partial charge is 0.352 e. The van der Waals surface area contributed by atoms with Crippen molar-refractivity contribution in [2.75, 3.05) is 23.4 Å². The van der Waals surface area contributed by atoms with Gasteiger partial charge in [-0.25, -0.2) is 9.78 Å². The van der Waals surface area contributed by atoms with Crippen molar-refractivity contribution in [2.45, 2.75) is 15.8 Å². The molecular formula is C19H14ClN7O6S4. The Labute approximate surface area is 230 Å². The summed E-state index contributed by atoms with van der Waals surface area (Å²) >= 11 is 11.0. The molecule has 0 saturated carbocycles. The number of anilines is 1. The van der Waals surface area contributed by atoms with E-state index in [1.165, 1.54) is 34.9 Å². The molecule has 2 aromatic rings. The Hall–Kier alpha value is -3.17. The van der Waals surface area contributed by atoms with E-state index in [-0.39, 0.29) is 33.2 Å². The molecule has 1 fully saturated rings. The van der Waals surface area contributed by atoms with Crippen molar-refractivity contribution in [3.8, 4) is 12.3 Å². The van der Waals surface area contributed by atoms with Crippen molar-refractivity contribution in [3.05, 3.63) is 26.8 Å². The zero-order chi connectivity index (χ0) is 26.5. The number of β-lactam (4-membered cyclic amide) rings is 1. The van der Waals surface area contributed by atoms with Crippen LogP contribution in [0.15, 0.2) is 26.3 Å². The average Bonchev–Trinajstić information content (AvgIpc) is 3.52. The van der Waals surface area contributed by atoms with E-state index < -0.39 is 29.2 Å². The molecule has 3 amide bonds. The Balaban J connectivity index is 1.52. The quantitative estimate of drug-likeness (QED) is 0.0641. The monoisotopic (exact) mass is 599 g/mol. The maximum absolute atomic E-state index is 13.1. The Morgan fingerprint density at radius 1 is 1.49 bits per heavy atom. The first-order valence-electron chi connectivity index (χ1n) is 9.95. The number of aromatic nitrogens is 3. The number of carboxylic acid groups (broad SMARTS) is 1. The molecule has 4 heterocycles. The minimum atomic E-state index is -1.24. The highest BCUT2D eigenvalue weighted by Gasteiger charge is 2.54. The summed E-state index contributed by atoms with van der Waals surface area (Å²) < 4.78 is 0.709. The van der Waals surface area contributed by atoms with Crippen LogP contribution in [-0.4, -0.2) is 84.6 Å². The molecule has 1 unspecified atom stereocenters. The van der Waals surface area contributed by atoms with Crippen LogP contribution in [0.1, 0.15) is 5.69 Å². The van der Waals surface area contributed by atoms with Gasteiger partial charge in [-0.2, -0.15) is 0 Å². The lowest BCUT2D eigenvalue weighted by Gasteiger charge is -2.49. The number of halogens is 1. The van der Waals surface area contributed by atoms with Gasteiger partial charge in [-0.15, -0.1) is 28.4 Å². The number of hydrogen-bond donors (Lipinski definition) is 3. The largest absolute Gasteiger partial charge is 0.477 e. The average molecular weight is 600 g/mol. The summed E-state index contributed by atoms with van der Waals surface area (Å²) in [7, 11) is 0. The molecule has 4 rings (SSSR count). The number of thiazole rings is 1. The number of carboxylic acids is 1. The van der Waals surface area contributed by atoms with Crippen LogP contribution in [0.25, 0.3) is 0 Å². The first-order chi connectivity index (χ1) is 17.8. The van der Waals surface area contributed by atoms with Crippen molar-refractivity contribution >= 4 is 92.8 Å². The molecule has 18 heteroatoms. The van der Waals surface area contributed by atoms with Crippen LogP contribution < -0.4 is 10.6 Å². The summed E-state index contributed by atoms with van der Waals surface area (Å²) in [6, 6.07) is -1.04. The summed E-state index contributed by atoms with van der Waals surface area (Å²) in [6.45, 7) is -0.253. The van der Waals surface area contributed by atoms with Gasteiger partial charge in [0.15, 0.2) is 21.8 Å². The Kier molecular flexibility index (Phi) is 8.66.